The number of carbonyl (C=O) groups is 1. The molecule has 0 amide bonds. The van der Waals surface area contributed by atoms with Gasteiger partial charge in [0.25, 0.3) is 0 Å². The molecule has 0 saturated carbocycles. The average Bonchev–Trinajstić information content (AvgIpc) is 3.01. The molecule has 3 aromatic rings. The van der Waals surface area contributed by atoms with Gasteiger partial charge in [-0.1, -0.05) is 29.4 Å². The van der Waals surface area contributed by atoms with E-state index in [0.29, 0.717) is 5.56 Å². The number of halogens is 2. The zero-order chi connectivity index (χ0) is 16.2. The zero-order valence-corrected chi connectivity index (χ0v) is 14.1. The van der Waals surface area contributed by atoms with Gasteiger partial charge >= 0.3 is 5.97 Å². The molecule has 23 heavy (non-hydrogen) atoms. The number of fused-ring (bicyclic) bond motifs is 1. The van der Waals surface area contributed by atoms with E-state index in [4.69, 9.17) is 16.3 Å². The highest BCUT2D eigenvalue weighted by molar-refractivity contribution is 8.00. The molecule has 0 N–H and O–H groups in total. The Kier molecular flexibility index (Phi) is 5.09. The second-order valence-corrected chi connectivity index (χ2v) is 6.77. The number of esters is 1. The molecule has 0 radical (unpaired) electrons. The Morgan fingerprint density at radius 2 is 2.22 bits per heavy atom. The fourth-order valence-corrected chi connectivity index (χ4v) is 3.65. The summed E-state index contributed by atoms with van der Waals surface area (Å²) in [5.41, 5.74) is 0.564. The standard InChI is InChI=1S/C15H10ClFN2O2S2/c16-12-5-10(17)2-1-9(12)6-21-13(20)7-23-15-11-3-4-22-14(11)18-8-19-15/h1-5,8H,6-7H2. The van der Waals surface area contributed by atoms with Crippen LogP contribution in [0.1, 0.15) is 5.56 Å². The van der Waals surface area contributed by atoms with Crippen LogP contribution >= 0.6 is 34.7 Å². The molecule has 118 valence electrons. The van der Waals surface area contributed by atoms with Crippen molar-refractivity contribution in [3.05, 3.63) is 52.4 Å². The molecule has 0 unspecified atom stereocenters. The molecule has 0 aliphatic heterocycles. The lowest BCUT2D eigenvalue weighted by Gasteiger charge is -2.06. The van der Waals surface area contributed by atoms with Crippen molar-refractivity contribution in [3.63, 3.8) is 0 Å². The molecule has 8 heteroatoms. The normalized spacial score (nSPS) is 10.9. The molecule has 0 saturated heterocycles. The van der Waals surface area contributed by atoms with Crippen LogP contribution in [0.3, 0.4) is 0 Å². The third-order valence-corrected chi connectivity index (χ3v) is 5.11. The Bertz CT molecular complexity index is 856. The van der Waals surface area contributed by atoms with E-state index in [0.717, 1.165) is 15.2 Å². The fraction of sp³-hybridized carbons (Fsp3) is 0.133. The van der Waals surface area contributed by atoms with Crippen molar-refractivity contribution in [2.75, 3.05) is 5.75 Å². The zero-order valence-electron chi connectivity index (χ0n) is 11.7. The van der Waals surface area contributed by atoms with Gasteiger partial charge in [-0.15, -0.1) is 11.3 Å². The van der Waals surface area contributed by atoms with E-state index in [1.807, 2.05) is 11.4 Å². The van der Waals surface area contributed by atoms with E-state index >= 15 is 0 Å². The molecule has 2 heterocycles. The van der Waals surface area contributed by atoms with Gasteiger partial charge in [-0.2, -0.15) is 0 Å². The number of rotatable bonds is 5. The molecule has 0 aliphatic carbocycles. The summed E-state index contributed by atoms with van der Waals surface area (Å²) in [5, 5.41) is 3.84. The van der Waals surface area contributed by atoms with Crippen molar-refractivity contribution in [2.24, 2.45) is 0 Å². The van der Waals surface area contributed by atoms with Gasteiger partial charge in [0.2, 0.25) is 0 Å². The third-order valence-electron chi connectivity index (χ3n) is 2.96. The maximum absolute atomic E-state index is 12.9. The van der Waals surface area contributed by atoms with E-state index in [1.165, 1.54) is 47.6 Å². The van der Waals surface area contributed by atoms with E-state index in [-0.39, 0.29) is 17.4 Å². The third kappa shape index (κ3) is 3.99. The van der Waals surface area contributed by atoms with Crippen LogP contribution in [0.25, 0.3) is 10.2 Å². The minimum absolute atomic E-state index is 0.0101. The molecule has 1 aromatic carbocycles. The second-order valence-electron chi connectivity index (χ2n) is 4.50. The number of benzene rings is 1. The average molecular weight is 369 g/mol. The quantitative estimate of drug-likeness (QED) is 0.381. The van der Waals surface area contributed by atoms with Crippen molar-refractivity contribution in [1.82, 2.24) is 9.97 Å². The van der Waals surface area contributed by atoms with Crippen LogP contribution in [0, 0.1) is 5.82 Å². The minimum Gasteiger partial charge on any atom is -0.460 e. The predicted octanol–water partition coefficient (Wildman–Crippen LogP) is 4.32. The van der Waals surface area contributed by atoms with E-state index in [2.05, 4.69) is 9.97 Å². The van der Waals surface area contributed by atoms with Crippen LogP contribution in [0.15, 0.2) is 41.0 Å². The van der Waals surface area contributed by atoms with Crippen LogP contribution in [0.2, 0.25) is 5.02 Å². The molecule has 0 fully saturated rings. The number of thioether (sulfide) groups is 1. The van der Waals surface area contributed by atoms with Gasteiger partial charge in [0.1, 0.15) is 28.6 Å². The van der Waals surface area contributed by atoms with Gasteiger partial charge in [0.15, 0.2) is 0 Å². The van der Waals surface area contributed by atoms with Crippen LogP contribution in [-0.4, -0.2) is 21.7 Å². The number of thiophene rings is 1. The second kappa shape index (κ2) is 7.25. The number of hydrogen-bond donors (Lipinski definition) is 0. The first-order valence-corrected chi connectivity index (χ1v) is 8.78. The summed E-state index contributed by atoms with van der Waals surface area (Å²) in [6, 6.07) is 5.88. The first-order valence-electron chi connectivity index (χ1n) is 6.54. The molecule has 0 aliphatic rings. The molecule has 0 spiro atoms. The van der Waals surface area contributed by atoms with Crippen molar-refractivity contribution in [3.8, 4) is 0 Å². The highest BCUT2D eigenvalue weighted by Crippen LogP contribution is 2.27. The molecular formula is C15H10ClFN2O2S2. The van der Waals surface area contributed by atoms with Crippen molar-refractivity contribution >= 4 is 50.9 Å². The topological polar surface area (TPSA) is 52.1 Å². The van der Waals surface area contributed by atoms with Crippen LogP contribution < -0.4 is 0 Å². The molecule has 0 atom stereocenters. The number of ether oxygens (including phenoxy) is 1. The van der Waals surface area contributed by atoms with Gasteiger partial charge < -0.3 is 4.74 Å². The summed E-state index contributed by atoms with van der Waals surface area (Å²) in [6.45, 7) is 0.0101. The van der Waals surface area contributed by atoms with Crippen LogP contribution in [0.5, 0.6) is 0 Å². The molecule has 0 bridgehead atoms. The molecular weight excluding hydrogens is 359 g/mol. The number of carbonyl (C=O) groups excluding carboxylic acids is 1. The Labute approximate surface area is 144 Å². The maximum Gasteiger partial charge on any atom is 0.316 e. The van der Waals surface area contributed by atoms with Gasteiger partial charge in [-0.25, -0.2) is 14.4 Å². The van der Waals surface area contributed by atoms with Gasteiger partial charge in [0, 0.05) is 10.9 Å². The predicted molar refractivity (Wildman–Crippen MR) is 89.3 cm³/mol. The highest BCUT2D eigenvalue weighted by atomic mass is 35.5. The lowest BCUT2D eigenvalue weighted by atomic mass is 10.2. The summed E-state index contributed by atoms with van der Waals surface area (Å²) in [5.74, 6) is -0.692. The summed E-state index contributed by atoms with van der Waals surface area (Å²) < 4.78 is 18.1. The molecule has 3 rings (SSSR count). The van der Waals surface area contributed by atoms with Crippen molar-refractivity contribution in [2.45, 2.75) is 11.6 Å². The van der Waals surface area contributed by atoms with Crippen molar-refractivity contribution < 1.29 is 13.9 Å². The monoisotopic (exact) mass is 368 g/mol. The Morgan fingerprint density at radius 1 is 1.35 bits per heavy atom. The molecule has 4 nitrogen and oxygen atoms in total. The van der Waals surface area contributed by atoms with Crippen LogP contribution in [0.4, 0.5) is 4.39 Å². The van der Waals surface area contributed by atoms with E-state index in [9.17, 15) is 9.18 Å². The lowest BCUT2D eigenvalue weighted by Crippen LogP contribution is -2.07. The largest absolute Gasteiger partial charge is 0.460 e. The summed E-state index contributed by atoms with van der Waals surface area (Å²) in [7, 11) is 0. The number of hydrogen-bond acceptors (Lipinski definition) is 6. The number of aromatic nitrogens is 2. The Balaban J connectivity index is 1.56. The fourth-order valence-electron chi connectivity index (χ4n) is 1.85. The summed E-state index contributed by atoms with van der Waals surface area (Å²) in [4.78, 5) is 21.1. The van der Waals surface area contributed by atoms with Gasteiger partial charge in [0.05, 0.1) is 10.8 Å². The minimum atomic E-state index is -0.427. The maximum atomic E-state index is 12.9. The summed E-state index contributed by atoms with van der Waals surface area (Å²) in [6.07, 6.45) is 1.48. The van der Waals surface area contributed by atoms with Crippen molar-refractivity contribution in [1.29, 1.82) is 0 Å². The van der Waals surface area contributed by atoms with Gasteiger partial charge in [-0.05, 0) is 23.6 Å². The van der Waals surface area contributed by atoms with E-state index in [1.54, 1.807) is 0 Å². The first kappa shape index (κ1) is 16.2. The summed E-state index contributed by atoms with van der Waals surface area (Å²) >= 11 is 8.70. The molecule has 2 aromatic heterocycles. The smallest absolute Gasteiger partial charge is 0.316 e. The van der Waals surface area contributed by atoms with E-state index < -0.39 is 11.8 Å². The Hall–Kier alpha value is -1.70. The Morgan fingerprint density at radius 3 is 3.04 bits per heavy atom. The van der Waals surface area contributed by atoms with Crippen LogP contribution in [-0.2, 0) is 16.1 Å². The first-order chi connectivity index (χ1) is 11.1. The SMILES string of the molecule is O=C(CSc1ncnc2sccc12)OCc1ccc(F)cc1Cl. The lowest BCUT2D eigenvalue weighted by molar-refractivity contribution is -0.141. The highest BCUT2D eigenvalue weighted by Gasteiger charge is 2.11. The number of nitrogens with zero attached hydrogens (tertiary/aromatic N) is 2. The van der Waals surface area contributed by atoms with Gasteiger partial charge in [-0.3, -0.25) is 4.79 Å².